The Kier molecular flexibility index (Phi) is 6.33. The number of hydrogen-bond donors (Lipinski definition) is 1. The van der Waals surface area contributed by atoms with Crippen LogP contribution in [0.5, 0.6) is 0 Å². The summed E-state index contributed by atoms with van der Waals surface area (Å²) in [6, 6.07) is 10.8. The zero-order valence-corrected chi connectivity index (χ0v) is 24.2. The van der Waals surface area contributed by atoms with Crippen LogP contribution >= 0.6 is 0 Å². The highest BCUT2D eigenvalue weighted by atomic mass is 16.5. The van der Waals surface area contributed by atoms with Gasteiger partial charge < -0.3 is 9.64 Å². The van der Waals surface area contributed by atoms with Gasteiger partial charge in [0.25, 0.3) is 0 Å². The van der Waals surface area contributed by atoms with Crippen LogP contribution < -0.4 is 15.6 Å². The molecule has 1 amide bonds. The van der Waals surface area contributed by atoms with Crippen molar-refractivity contribution in [1.82, 2.24) is 10.4 Å². The Morgan fingerprint density at radius 3 is 2.45 bits per heavy atom. The van der Waals surface area contributed by atoms with Crippen molar-refractivity contribution in [3.05, 3.63) is 52.6 Å². The molecule has 7 heteroatoms. The van der Waals surface area contributed by atoms with Crippen molar-refractivity contribution >= 4 is 28.9 Å². The number of nitrogens with one attached hydrogen (secondary N) is 1. The first-order valence-corrected chi connectivity index (χ1v) is 15.3. The maximum atomic E-state index is 14.1. The van der Waals surface area contributed by atoms with Crippen LogP contribution in [-0.4, -0.2) is 37.0 Å². The minimum absolute atomic E-state index is 0.0842. The predicted octanol–water partition coefficient (Wildman–Crippen LogP) is 5.60. The normalized spacial score (nSPS) is 28.1. The van der Waals surface area contributed by atoms with Crippen molar-refractivity contribution in [3.8, 4) is 0 Å². The van der Waals surface area contributed by atoms with E-state index in [0.29, 0.717) is 31.9 Å². The molecule has 0 saturated heterocycles. The number of fused-ring (bicyclic) bond motifs is 2. The lowest BCUT2D eigenvalue weighted by Gasteiger charge is -2.56. The fourth-order valence-electron chi connectivity index (χ4n) is 9.13. The van der Waals surface area contributed by atoms with E-state index in [0.717, 1.165) is 72.6 Å². The molecule has 2 heterocycles. The predicted molar refractivity (Wildman–Crippen MR) is 156 cm³/mol. The molecule has 8 rings (SSSR count). The molecule has 4 aliphatic carbocycles. The summed E-state index contributed by atoms with van der Waals surface area (Å²) in [5.74, 6) is 2.63. The Morgan fingerprint density at radius 2 is 1.75 bits per heavy atom. The van der Waals surface area contributed by atoms with Crippen LogP contribution in [0.4, 0.5) is 17.1 Å². The van der Waals surface area contributed by atoms with Crippen molar-refractivity contribution in [2.24, 2.45) is 23.2 Å². The first-order chi connectivity index (χ1) is 19.3. The lowest BCUT2D eigenvalue weighted by Crippen LogP contribution is -2.55. The molecule has 7 nitrogen and oxygen atoms in total. The Bertz CT molecular complexity index is 1320. The second-order valence-corrected chi connectivity index (χ2v) is 13.1. The van der Waals surface area contributed by atoms with Crippen LogP contribution in [0.2, 0.25) is 0 Å². The van der Waals surface area contributed by atoms with Crippen LogP contribution in [-0.2, 0) is 33.7 Å². The number of benzene rings is 2. The van der Waals surface area contributed by atoms with E-state index in [1.54, 1.807) is 0 Å². The molecule has 40 heavy (non-hydrogen) atoms. The van der Waals surface area contributed by atoms with E-state index in [2.05, 4.69) is 57.7 Å². The molecular weight excluding hydrogens is 500 g/mol. The Hall–Kier alpha value is -3.06. The fourth-order valence-corrected chi connectivity index (χ4v) is 9.13. The number of carbonyl (C=O) groups is 2. The van der Waals surface area contributed by atoms with Gasteiger partial charge in [-0.15, -0.1) is 5.53 Å². The molecular formula is C33H42N4O3. The molecule has 4 saturated carbocycles. The van der Waals surface area contributed by atoms with Crippen molar-refractivity contribution in [3.63, 3.8) is 0 Å². The summed E-state index contributed by atoms with van der Waals surface area (Å²) in [4.78, 5) is 28.3. The molecule has 2 aliphatic heterocycles. The molecule has 6 aliphatic rings. The number of hydrogen-bond acceptors (Lipinski definition) is 6. The minimum atomic E-state index is -0.153. The summed E-state index contributed by atoms with van der Waals surface area (Å²) in [6.07, 6.45) is 9.36. The van der Waals surface area contributed by atoms with E-state index in [9.17, 15) is 9.59 Å². The SMILES string of the molecule is CCOC(=O)CCc1ccc2c(c1C)N(c1cccc3c1CCN(C(=O)C14CC5CC(CC(C5)C1)C4)C3)NN2C. The summed E-state index contributed by atoms with van der Waals surface area (Å²) < 4.78 is 5.16. The molecule has 2 aromatic rings. The van der Waals surface area contributed by atoms with Gasteiger partial charge in [-0.1, -0.05) is 18.2 Å². The van der Waals surface area contributed by atoms with Gasteiger partial charge in [0.1, 0.15) is 0 Å². The largest absolute Gasteiger partial charge is 0.466 e. The molecule has 4 fully saturated rings. The Balaban J connectivity index is 1.14. The maximum absolute atomic E-state index is 14.1. The second kappa shape index (κ2) is 9.79. The zero-order chi connectivity index (χ0) is 27.6. The summed E-state index contributed by atoms with van der Waals surface area (Å²) >= 11 is 0. The molecule has 0 unspecified atom stereocenters. The molecule has 1 N–H and O–H groups in total. The highest BCUT2D eigenvalue weighted by Crippen LogP contribution is 2.60. The van der Waals surface area contributed by atoms with Crippen LogP contribution in [0, 0.1) is 30.1 Å². The number of esters is 1. The van der Waals surface area contributed by atoms with E-state index < -0.39 is 0 Å². The number of ether oxygens (including phenoxy) is 1. The van der Waals surface area contributed by atoms with Crippen LogP contribution in [0.25, 0.3) is 0 Å². The lowest BCUT2D eigenvalue weighted by atomic mass is 9.49. The van der Waals surface area contributed by atoms with E-state index in [4.69, 9.17) is 4.74 Å². The number of aryl methyl sites for hydroxylation is 1. The first kappa shape index (κ1) is 25.9. The molecule has 4 bridgehead atoms. The molecule has 0 spiro atoms. The number of amides is 1. The monoisotopic (exact) mass is 542 g/mol. The average Bonchev–Trinajstić information content (AvgIpc) is 3.27. The Labute approximate surface area is 237 Å². The third-order valence-electron chi connectivity index (χ3n) is 10.5. The quantitative estimate of drug-likeness (QED) is 0.480. The molecule has 0 radical (unpaired) electrons. The van der Waals surface area contributed by atoms with Crippen LogP contribution in [0.1, 0.15) is 74.1 Å². The summed E-state index contributed by atoms with van der Waals surface area (Å²) in [7, 11) is 2.04. The molecule has 212 valence electrons. The van der Waals surface area contributed by atoms with Crippen molar-refractivity contribution in [1.29, 1.82) is 0 Å². The van der Waals surface area contributed by atoms with Gasteiger partial charge in [-0.2, -0.15) is 0 Å². The van der Waals surface area contributed by atoms with Crippen molar-refractivity contribution in [2.45, 2.75) is 78.2 Å². The van der Waals surface area contributed by atoms with Gasteiger partial charge in [0.15, 0.2) is 0 Å². The van der Waals surface area contributed by atoms with Gasteiger partial charge >= 0.3 is 5.97 Å². The zero-order valence-electron chi connectivity index (χ0n) is 24.2. The first-order valence-electron chi connectivity index (χ1n) is 15.3. The highest BCUT2D eigenvalue weighted by Gasteiger charge is 2.55. The highest BCUT2D eigenvalue weighted by molar-refractivity contribution is 5.86. The standard InChI is InChI=1S/C33H42N4O3/c1-4-40-30(38)11-9-25-8-10-29-31(21(25)2)37(34-35(29)3)28-7-5-6-26-20-36(13-12-27(26)28)32(39)33-17-22-14-23(18-33)16-24(15-22)19-33/h5-8,10,22-24,34H,4,9,11-20H2,1-3H3. The van der Waals surface area contributed by atoms with Crippen molar-refractivity contribution in [2.75, 3.05) is 30.2 Å². The van der Waals surface area contributed by atoms with Gasteiger partial charge in [-0.3, -0.25) is 19.6 Å². The molecule has 0 aromatic heterocycles. The molecule has 2 aromatic carbocycles. The summed E-state index contributed by atoms with van der Waals surface area (Å²) in [5, 5.41) is 4.26. The topological polar surface area (TPSA) is 65.1 Å². The fraction of sp³-hybridized carbons (Fsp3) is 0.576. The third-order valence-corrected chi connectivity index (χ3v) is 10.5. The van der Waals surface area contributed by atoms with E-state index in [-0.39, 0.29) is 11.4 Å². The van der Waals surface area contributed by atoms with Gasteiger partial charge in [0, 0.05) is 26.6 Å². The van der Waals surface area contributed by atoms with Gasteiger partial charge in [0.05, 0.1) is 29.1 Å². The van der Waals surface area contributed by atoms with Gasteiger partial charge in [0.2, 0.25) is 5.91 Å². The van der Waals surface area contributed by atoms with Gasteiger partial charge in [-0.25, -0.2) is 0 Å². The second-order valence-electron chi connectivity index (χ2n) is 13.1. The van der Waals surface area contributed by atoms with E-state index in [1.165, 1.54) is 36.0 Å². The van der Waals surface area contributed by atoms with Gasteiger partial charge in [-0.05, 0) is 117 Å². The lowest BCUT2D eigenvalue weighted by molar-refractivity contribution is -0.158. The van der Waals surface area contributed by atoms with Crippen molar-refractivity contribution < 1.29 is 14.3 Å². The van der Waals surface area contributed by atoms with E-state index in [1.807, 2.05) is 14.0 Å². The Morgan fingerprint density at radius 1 is 1.02 bits per heavy atom. The van der Waals surface area contributed by atoms with Crippen LogP contribution in [0.15, 0.2) is 30.3 Å². The average molecular weight is 543 g/mol. The van der Waals surface area contributed by atoms with Crippen LogP contribution in [0.3, 0.4) is 0 Å². The summed E-state index contributed by atoms with van der Waals surface area (Å²) in [6.45, 7) is 5.90. The number of carbonyl (C=O) groups excluding carboxylic acids is 2. The maximum Gasteiger partial charge on any atom is 0.306 e. The van der Waals surface area contributed by atoms with E-state index >= 15 is 0 Å². The third kappa shape index (κ3) is 4.20. The smallest absolute Gasteiger partial charge is 0.306 e. The number of rotatable bonds is 6. The number of hydrazine groups is 2. The number of anilines is 3. The summed E-state index contributed by atoms with van der Waals surface area (Å²) in [5.41, 5.74) is 11.8. The molecule has 0 atom stereocenters. The minimum Gasteiger partial charge on any atom is -0.466 e. The number of nitrogens with zero attached hydrogens (tertiary/aromatic N) is 3.